The van der Waals surface area contributed by atoms with Gasteiger partial charge < -0.3 is 15.4 Å². The molecule has 1 saturated carbocycles. The zero-order valence-electron chi connectivity index (χ0n) is 15.1. The molecule has 1 aromatic heterocycles. The number of aromatic nitrogens is 1. The SMILES string of the molecule is O=C(NCCNC1CCCCCC1)c1cccc(Oc2ccncc2)c1. The van der Waals surface area contributed by atoms with Gasteiger partial charge in [-0.05, 0) is 43.2 Å². The lowest BCUT2D eigenvalue weighted by Crippen LogP contribution is -2.36. The van der Waals surface area contributed by atoms with E-state index in [1.165, 1.54) is 38.5 Å². The maximum Gasteiger partial charge on any atom is 0.251 e. The number of carbonyl (C=O) groups is 1. The Morgan fingerprint density at radius 2 is 1.77 bits per heavy atom. The van der Waals surface area contributed by atoms with Crippen molar-refractivity contribution in [3.63, 3.8) is 0 Å². The number of rotatable bonds is 7. The first-order valence-electron chi connectivity index (χ1n) is 9.51. The summed E-state index contributed by atoms with van der Waals surface area (Å²) in [6, 6.07) is 11.4. The molecule has 1 fully saturated rings. The van der Waals surface area contributed by atoms with Gasteiger partial charge in [0.1, 0.15) is 11.5 Å². The molecule has 5 heteroatoms. The van der Waals surface area contributed by atoms with Gasteiger partial charge in [0, 0.05) is 37.1 Å². The minimum absolute atomic E-state index is 0.0761. The largest absolute Gasteiger partial charge is 0.457 e. The molecule has 0 bridgehead atoms. The van der Waals surface area contributed by atoms with Crippen molar-refractivity contribution in [1.29, 1.82) is 0 Å². The molecule has 0 atom stereocenters. The minimum atomic E-state index is -0.0761. The van der Waals surface area contributed by atoms with Gasteiger partial charge in [-0.2, -0.15) is 0 Å². The molecule has 1 heterocycles. The highest BCUT2D eigenvalue weighted by Gasteiger charge is 2.11. The van der Waals surface area contributed by atoms with Crippen molar-refractivity contribution in [2.75, 3.05) is 13.1 Å². The van der Waals surface area contributed by atoms with Crippen LogP contribution in [0.25, 0.3) is 0 Å². The number of benzene rings is 1. The highest BCUT2D eigenvalue weighted by atomic mass is 16.5. The fourth-order valence-electron chi connectivity index (χ4n) is 3.28. The van der Waals surface area contributed by atoms with E-state index in [0.717, 1.165) is 6.54 Å². The van der Waals surface area contributed by atoms with E-state index in [9.17, 15) is 4.79 Å². The number of ether oxygens (including phenoxy) is 1. The first-order valence-corrected chi connectivity index (χ1v) is 9.51. The molecule has 138 valence electrons. The van der Waals surface area contributed by atoms with Gasteiger partial charge in [-0.25, -0.2) is 0 Å². The summed E-state index contributed by atoms with van der Waals surface area (Å²) >= 11 is 0. The molecule has 0 radical (unpaired) electrons. The highest BCUT2D eigenvalue weighted by molar-refractivity contribution is 5.94. The number of nitrogens with one attached hydrogen (secondary N) is 2. The van der Waals surface area contributed by atoms with Crippen LogP contribution in [0, 0.1) is 0 Å². The lowest BCUT2D eigenvalue weighted by molar-refractivity contribution is 0.0953. The van der Waals surface area contributed by atoms with Crippen LogP contribution in [0.15, 0.2) is 48.8 Å². The average molecular weight is 353 g/mol. The standard InChI is InChI=1S/C21H27N3O2/c25-21(24-15-14-23-18-7-3-1-2-4-8-18)17-6-5-9-20(16-17)26-19-10-12-22-13-11-19/h5-6,9-13,16,18,23H,1-4,7-8,14-15H2,(H,24,25). The second-order valence-corrected chi connectivity index (χ2v) is 6.71. The molecule has 1 aromatic carbocycles. The van der Waals surface area contributed by atoms with Crippen LogP contribution < -0.4 is 15.4 Å². The molecule has 26 heavy (non-hydrogen) atoms. The molecule has 0 unspecified atom stereocenters. The van der Waals surface area contributed by atoms with Crippen LogP contribution >= 0.6 is 0 Å². The molecule has 0 saturated heterocycles. The molecule has 2 aromatic rings. The van der Waals surface area contributed by atoms with Crippen molar-refractivity contribution in [3.8, 4) is 11.5 Å². The Morgan fingerprint density at radius 3 is 2.54 bits per heavy atom. The van der Waals surface area contributed by atoms with E-state index < -0.39 is 0 Å². The first-order chi connectivity index (χ1) is 12.8. The summed E-state index contributed by atoms with van der Waals surface area (Å²) in [6.07, 6.45) is 11.2. The summed E-state index contributed by atoms with van der Waals surface area (Å²) in [6.45, 7) is 1.44. The van der Waals surface area contributed by atoms with E-state index in [1.54, 1.807) is 36.7 Å². The normalized spacial score (nSPS) is 15.2. The molecule has 3 rings (SSSR count). The Bertz CT molecular complexity index is 683. The molecule has 1 aliphatic carbocycles. The Kier molecular flexibility index (Phi) is 7.02. The van der Waals surface area contributed by atoms with Gasteiger partial charge >= 0.3 is 0 Å². The molecule has 0 spiro atoms. The van der Waals surface area contributed by atoms with Gasteiger partial charge in [0.15, 0.2) is 0 Å². The van der Waals surface area contributed by atoms with Gasteiger partial charge in [-0.1, -0.05) is 31.7 Å². The number of nitrogens with zero attached hydrogens (tertiary/aromatic N) is 1. The number of pyridine rings is 1. The number of carbonyl (C=O) groups excluding carboxylic acids is 1. The van der Waals surface area contributed by atoms with Crippen LogP contribution in [-0.4, -0.2) is 30.0 Å². The molecule has 1 aliphatic rings. The lowest BCUT2D eigenvalue weighted by atomic mass is 10.1. The fraction of sp³-hybridized carbons (Fsp3) is 0.429. The van der Waals surface area contributed by atoms with E-state index >= 15 is 0 Å². The molecule has 2 N–H and O–H groups in total. The molecule has 1 amide bonds. The topological polar surface area (TPSA) is 63.2 Å². The number of hydrogen-bond acceptors (Lipinski definition) is 4. The van der Waals surface area contributed by atoms with Crippen molar-refractivity contribution >= 4 is 5.91 Å². The lowest BCUT2D eigenvalue weighted by Gasteiger charge is -2.16. The van der Waals surface area contributed by atoms with Gasteiger partial charge in [0.2, 0.25) is 0 Å². The molecular formula is C21H27N3O2. The van der Waals surface area contributed by atoms with Crippen LogP contribution in [-0.2, 0) is 0 Å². The van der Waals surface area contributed by atoms with Crippen molar-refractivity contribution in [3.05, 3.63) is 54.4 Å². The van der Waals surface area contributed by atoms with Gasteiger partial charge in [-0.3, -0.25) is 9.78 Å². The molecule has 5 nitrogen and oxygen atoms in total. The Hall–Kier alpha value is -2.40. The van der Waals surface area contributed by atoms with E-state index in [1.807, 2.05) is 12.1 Å². The average Bonchev–Trinajstić information content (AvgIpc) is 2.95. The predicted molar refractivity (Wildman–Crippen MR) is 103 cm³/mol. The zero-order valence-corrected chi connectivity index (χ0v) is 15.1. The third-order valence-corrected chi connectivity index (χ3v) is 4.68. The number of amides is 1. The first kappa shape index (κ1) is 18.4. The van der Waals surface area contributed by atoms with Gasteiger partial charge in [0.05, 0.1) is 0 Å². The van der Waals surface area contributed by atoms with Crippen LogP contribution in [0.1, 0.15) is 48.9 Å². The summed E-state index contributed by atoms with van der Waals surface area (Å²) in [5, 5.41) is 6.55. The van der Waals surface area contributed by atoms with Gasteiger partial charge in [0.25, 0.3) is 5.91 Å². The summed E-state index contributed by atoms with van der Waals surface area (Å²) in [5.41, 5.74) is 0.603. The second kappa shape index (κ2) is 9.92. The van der Waals surface area contributed by atoms with Crippen molar-refractivity contribution in [1.82, 2.24) is 15.6 Å². The van der Waals surface area contributed by atoms with Crippen molar-refractivity contribution in [2.45, 2.75) is 44.6 Å². The summed E-state index contributed by atoms with van der Waals surface area (Å²) in [7, 11) is 0. The smallest absolute Gasteiger partial charge is 0.251 e. The quantitative estimate of drug-likeness (QED) is 0.585. The highest BCUT2D eigenvalue weighted by Crippen LogP contribution is 2.21. The monoisotopic (exact) mass is 353 g/mol. The summed E-state index contributed by atoms with van der Waals surface area (Å²) < 4.78 is 5.75. The van der Waals surface area contributed by atoms with Crippen molar-refractivity contribution in [2.24, 2.45) is 0 Å². The maximum absolute atomic E-state index is 12.4. The minimum Gasteiger partial charge on any atom is -0.457 e. The van der Waals surface area contributed by atoms with Crippen LogP contribution in [0.3, 0.4) is 0 Å². The predicted octanol–water partition coefficient (Wildman–Crippen LogP) is 3.92. The van der Waals surface area contributed by atoms with E-state index in [0.29, 0.717) is 29.6 Å². The molecule has 0 aliphatic heterocycles. The zero-order chi connectivity index (χ0) is 18.0. The third kappa shape index (κ3) is 5.85. The van der Waals surface area contributed by atoms with E-state index in [2.05, 4.69) is 15.6 Å². The van der Waals surface area contributed by atoms with Gasteiger partial charge in [-0.15, -0.1) is 0 Å². The van der Waals surface area contributed by atoms with Crippen LogP contribution in [0.4, 0.5) is 0 Å². The third-order valence-electron chi connectivity index (χ3n) is 4.68. The summed E-state index contributed by atoms with van der Waals surface area (Å²) in [4.78, 5) is 16.3. The van der Waals surface area contributed by atoms with Crippen molar-refractivity contribution < 1.29 is 9.53 Å². The molecular weight excluding hydrogens is 326 g/mol. The van der Waals surface area contributed by atoms with E-state index in [4.69, 9.17) is 4.74 Å². The Balaban J connectivity index is 1.44. The Morgan fingerprint density at radius 1 is 1.00 bits per heavy atom. The van der Waals surface area contributed by atoms with E-state index in [-0.39, 0.29) is 5.91 Å². The summed E-state index contributed by atoms with van der Waals surface area (Å²) in [5.74, 6) is 1.26. The second-order valence-electron chi connectivity index (χ2n) is 6.71. The van der Waals surface area contributed by atoms with Crippen LogP contribution in [0.2, 0.25) is 0 Å². The number of hydrogen-bond donors (Lipinski definition) is 2. The Labute approximate surface area is 155 Å². The fourth-order valence-corrected chi connectivity index (χ4v) is 3.28. The van der Waals surface area contributed by atoms with Crippen LogP contribution in [0.5, 0.6) is 11.5 Å². The maximum atomic E-state index is 12.4.